The summed E-state index contributed by atoms with van der Waals surface area (Å²) in [5, 5.41) is 0. The van der Waals surface area contributed by atoms with E-state index in [0.717, 1.165) is 5.56 Å². The van der Waals surface area contributed by atoms with Gasteiger partial charge in [-0.15, -0.1) is 0 Å². The lowest BCUT2D eigenvalue weighted by atomic mass is 10.1. The highest BCUT2D eigenvalue weighted by atomic mass is 32.2. The highest BCUT2D eigenvalue weighted by molar-refractivity contribution is 7.91. The van der Waals surface area contributed by atoms with Crippen LogP contribution in [0, 0.1) is 5.92 Å². The van der Waals surface area contributed by atoms with Crippen LogP contribution < -0.4 is 14.2 Å². The molecule has 1 atom stereocenters. The molecular formula is C19H29NO6S. The summed E-state index contributed by atoms with van der Waals surface area (Å²) in [6.07, 6.45) is 0.635. The largest absolute Gasteiger partial charge is 0.493 e. The standard InChI is InChI=1S/C19H29NO6S/c1-13(2)11-20(15-6-7-27(22,23)12-15)18(21)10-14-8-16(24-3)19(26-5)17(9-14)25-4/h8-9,13,15H,6-7,10-12H2,1-5H3/t15-/m1/s1. The van der Waals surface area contributed by atoms with Crippen molar-refractivity contribution in [2.45, 2.75) is 32.7 Å². The molecule has 1 aliphatic rings. The van der Waals surface area contributed by atoms with Gasteiger partial charge >= 0.3 is 0 Å². The van der Waals surface area contributed by atoms with Crippen LogP contribution in [0.2, 0.25) is 0 Å². The van der Waals surface area contributed by atoms with E-state index in [0.29, 0.717) is 30.2 Å². The number of carbonyl (C=O) groups is 1. The van der Waals surface area contributed by atoms with Gasteiger partial charge in [0.25, 0.3) is 0 Å². The van der Waals surface area contributed by atoms with Gasteiger partial charge in [0.15, 0.2) is 21.3 Å². The predicted molar refractivity (Wildman–Crippen MR) is 103 cm³/mol. The molecule has 0 aliphatic carbocycles. The number of benzene rings is 1. The van der Waals surface area contributed by atoms with Crippen LogP contribution in [0.25, 0.3) is 0 Å². The number of amides is 1. The van der Waals surface area contributed by atoms with Crippen molar-refractivity contribution in [3.05, 3.63) is 17.7 Å². The van der Waals surface area contributed by atoms with E-state index >= 15 is 0 Å². The van der Waals surface area contributed by atoms with Crippen molar-refractivity contribution in [1.29, 1.82) is 0 Å². The molecule has 2 rings (SSSR count). The first kappa shape index (κ1) is 21.3. The summed E-state index contributed by atoms with van der Waals surface area (Å²) in [5.74, 6) is 1.77. The molecule has 0 saturated carbocycles. The molecule has 0 aromatic heterocycles. The fraction of sp³-hybridized carbons (Fsp3) is 0.632. The van der Waals surface area contributed by atoms with Crippen LogP contribution in [0.1, 0.15) is 25.8 Å². The van der Waals surface area contributed by atoms with Crippen LogP contribution in [0.5, 0.6) is 17.2 Å². The van der Waals surface area contributed by atoms with Crippen molar-refractivity contribution >= 4 is 15.7 Å². The lowest BCUT2D eigenvalue weighted by molar-refractivity contribution is -0.132. The van der Waals surface area contributed by atoms with Crippen molar-refractivity contribution in [2.24, 2.45) is 5.92 Å². The summed E-state index contributed by atoms with van der Waals surface area (Å²) in [4.78, 5) is 14.7. The molecule has 0 radical (unpaired) electrons. The summed E-state index contributed by atoms with van der Waals surface area (Å²) < 4.78 is 39.7. The summed E-state index contributed by atoms with van der Waals surface area (Å²) in [6.45, 7) is 4.57. The minimum Gasteiger partial charge on any atom is -0.493 e. The molecule has 27 heavy (non-hydrogen) atoms. The number of nitrogens with zero attached hydrogens (tertiary/aromatic N) is 1. The van der Waals surface area contributed by atoms with Gasteiger partial charge in [-0.05, 0) is 30.0 Å². The lowest BCUT2D eigenvalue weighted by Crippen LogP contribution is -2.44. The summed E-state index contributed by atoms with van der Waals surface area (Å²) in [7, 11) is 1.51. The number of ether oxygens (including phenoxy) is 3. The van der Waals surface area contributed by atoms with Gasteiger partial charge in [-0.2, -0.15) is 0 Å². The van der Waals surface area contributed by atoms with Crippen LogP contribution >= 0.6 is 0 Å². The second-order valence-electron chi connectivity index (χ2n) is 7.21. The maximum atomic E-state index is 13.0. The zero-order valence-corrected chi connectivity index (χ0v) is 17.5. The Morgan fingerprint density at radius 3 is 2.15 bits per heavy atom. The highest BCUT2D eigenvalue weighted by Crippen LogP contribution is 2.38. The molecule has 0 spiro atoms. The van der Waals surface area contributed by atoms with E-state index in [1.54, 1.807) is 17.0 Å². The number of hydrogen-bond acceptors (Lipinski definition) is 6. The smallest absolute Gasteiger partial charge is 0.227 e. The second-order valence-corrected chi connectivity index (χ2v) is 9.44. The molecule has 0 bridgehead atoms. The highest BCUT2D eigenvalue weighted by Gasteiger charge is 2.34. The molecule has 1 fully saturated rings. The van der Waals surface area contributed by atoms with E-state index in [9.17, 15) is 13.2 Å². The Morgan fingerprint density at radius 2 is 1.74 bits per heavy atom. The van der Waals surface area contributed by atoms with Crippen molar-refractivity contribution in [3.8, 4) is 17.2 Å². The van der Waals surface area contributed by atoms with Gasteiger partial charge in [0.05, 0.1) is 39.3 Å². The SMILES string of the molecule is COc1cc(CC(=O)N(CC(C)C)[C@@H]2CCS(=O)(=O)C2)cc(OC)c1OC. The van der Waals surface area contributed by atoms with Gasteiger partial charge in [-0.1, -0.05) is 13.8 Å². The number of methoxy groups -OCH3 is 3. The van der Waals surface area contributed by atoms with Crippen molar-refractivity contribution < 1.29 is 27.4 Å². The monoisotopic (exact) mass is 399 g/mol. The summed E-state index contributed by atoms with van der Waals surface area (Å²) in [6, 6.07) is 3.24. The molecule has 0 unspecified atom stereocenters. The van der Waals surface area contributed by atoms with Gasteiger partial charge in [0, 0.05) is 12.6 Å². The molecule has 7 nitrogen and oxygen atoms in total. The molecule has 1 aromatic rings. The predicted octanol–water partition coefficient (Wildman–Crippen LogP) is 1.93. The van der Waals surface area contributed by atoms with Crippen molar-refractivity contribution in [3.63, 3.8) is 0 Å². The fourth-order valence-corrected chi connectivity index (χ4v) is 5.11. The molecule has 0 N–H and O–H groups in total. The fourth-order valence-electron chi connectivity index (χ4n) is 3.38. The average Bonchev–Trinajstić information content (AvgIpc) is 2.97. The van der Waals surface area contributed by atoms with Gasteiger partial charge < -0.3 is 19.1 Å². The van der Waals surface area contributed by atoms with Crippen LogP contribution in [-0.4, -0.2) is 64.6 Å². The Kier molecular flexibility index (Phi) is 6.97. The third kappa shape index (κ3) is 5.28. The third-order valence-electron chi connectivity index (χ3n) is 4.61. The molecule has 1 aliphatic heterocycles. The first-order chi connectivity index (χ1) is 12.7. The maximum absolute atomic E-state index is 13.0. The van der Waals surface area contributed by atoms with Crippen LogP contribution in [-0.2, 0) is 21.1 Å². The normalized spacial score (nSPS) is 18.4. The van der Waals surface area contributed by atoms with E-state index in [2.05, 4.69) is 0 Å². The van der Waals surface area contributed by atoms with Crippen LogP contribution in [0.4, 0.5) is 0 Å². The van der Waals surface area contributed by atoms with Crippen LogP contribution in [0.15, 0.2) is 12.1 Å². The zero-order valence-electron chi connectivity index (χ0n) is 16.6. The third-order valence-corrected chi connectivity index (χ3v) is 6.36. The Labute approximate surface area is 161 Å². The van der Waals surface area contributed by atoms with E-state index in [1.165, 1.54) is 21.3 Å². The number of sulfone groups is 1. The first-order valence-electron chi connectivity index (χ1n) is 8.99. The van der Waals surface area contributed by atoms with E-state index < -0.39 is 9.84 Å². The van der Waals surface area contributed by atoms with Crippen molar-refractivity contribution in [1.82, 2.24) is 4.90 Å². The molecule has 8 heteroatoms. The van der Waals surface area contributed by atoms with E-state index in [-0.39, 0.29) is 35.8 Å². The Balaban J connectivity index is 2.26. The molecular weight excluding hydrogens is 370 g/mol. The molecule has 1 aromatic carbocycles. The van der Waals surface area contributed by atoms with Gasteiger partial charge in [0.2, 0.25) is 11.7 Å². The summed E-state index contributed by atoms with van der Waals surface area (Å²) in [5.41, 5.74) is 0.726. The molecule has 1 saturated heterocycles. The average molecular weight is 400 g/mol. The minimum absolute atomic E-state index is 0.0424. The van der Waals surface area contributed by atoms with E-state index in [1.807, 2.05) is 13.8 Å². The molecule has 1 heterocycles. The topological polar surface area (TPSA) is 82.1 Å². The van der Waals surface area contributed by atoms with Gasteiger partial charge in [-0.25, -0.2) is 8.42 Å². The molecule has 1 amide bonds. The zero-order chi connectivity index (χ0) is 20.2. The van der Waals surface area contributed by atoms with Crippen LogP contribution in [0.3, 0.4) is 0 Å². The minimum atomic E-state index is -3.06. The number of hydrogen-bond donors (Lipinski definition) is 0. The Hall–Kier alpha value is -1.96. The first-order valence-corrected chi connectivity index (χ1v) is 10.8. The Morgan fingerprint density at radius 1 is 1.15 bits per heavy atom. The quantitative estimate of drug-likeness (QED) is 0.664. The van der Waals surface area contributed by atoms with E-state index in [4.69, 9.17) is 14.2 Å². The second kappa shape index (κ2) is 8.82. The summed E-state index contributed by atoms with van der Waals surface area (Å²) >= 11 is 0. The van der Waals surface area contributed by atoms with Gasteiger partial charge in [0.1, 0.15) is 0 Å². The molecule has 152 valence electrons. The number of rotatable bonds is 8. The van der Waals surface area contributed by atoms with Crippen molar-refractivity contribution in [2.75, 3.05) is 39.4 Å². The lowest BCUT2D eigenvalue weighted by Gasteiger charge is -2.30. The maximum Gasteiger partial charge on any atom is 0.227 e. The van der Waals surface area contributed by atoms with Gasteiger partial charge in [-0.3, -0.25) is 4.79 Å². The number of carbonyl (C=O) groups excluding carboxylic acids is 1. The Bertz CT molecular complexity index is 749.